The van der Waals surface area contributed by atoms with E-state index >= 15 is 0 Å². The quantitative estimate of drug-likeness (QED) is 0.865. The number of rotatable bonds is 3. The van der Waals surface area contributed by atoms with Gasteiger partial charge in [-0.15, -0.1) is 0 Å². The lowest BCUT2D eigenvalue weighted by atomic mass is 10.00. The summed E-state index contributed by atoms with van der Waals surface area (Å²) in [5, 5.41) is 0.965. The Kier molecular flexibility index (Phi) is 3.25. The molecule has 3 rings (SSSR count). The summed E-state index contributed by atoms with van der Waals surface area (Å²) >= 11 is 1.64. The van der Waals surface area contributed by atoms with Crippen LogP contribution in [-0.2, 0) is 4.79 Å². The number of ether oxygens (including phenoxy) is 1. The molecular weight excluding hydrogens is 274 g/mol. The van der Waals surface area contributed by atoms with Gasteiger partial charge in [-0.05, 0) is 12.1 Å². The van der Waals surface area contributed by atoms with Crippen LogP contribution in [0.15, 0.2) is 18.2 Å². The highest BCUT2D eigenvalue weighted by atomic mass is 32.1. The van der Waals surface area contributed by atoms with E-state index in [0.717, 1.165) is 34.2 Å². The minimum Gasteiger partial charge on any atom is -0.494 e. The number of thiazole rings is 1. The molecule has 1 aromatic carbocycles. The fourth-order valence-electron chi connectivity index (χ4n) is 2.37. The van der Waals surface area contributed by atoms with Crippen molar-refractivity contribution >= 4 is 32.6 Å². The van der Waals surface area contributed by atoms with E-state index in [2.05, 4.69) is 9.88 Å². The first kappa shape index (κ1) is 13.2. The summed E-state index contributed by atoms with van der Waals surface area (Å²) in [4.78, 5) is 20.3. The van der Waals surface area contributed by atoms with Crippen LogP contribution in [0.3, 0.4) is 0 Å². The lowest BCUT2D eigenvalue weighted by Crippen LogP contribution is -2.53. The number of hydrogen-bond donors (Lipinski definition) is 0. The van der Waals surface area contributed by atoms with Crippen molar-refractivity contribution in [3.63, 3.8) is 0 Å². The van der Waals surface area contributed by atoms with Gasteiger partial charge in [0.1, 0.15) is 11.3 Å². The maximum Gasteiger partial charge on any atom is 0.228 e. The van der Waals surface area contributed by atoms with E-state index in [-0.39, 0.29) is 11.8 Å². The molecule has 2 aromatic rings. The van der Waals surface area contributed by atoms with E-state index in [1.54, 1.807) is 37.4 Å². The number of nitrogens with zero attached hydrogens (tertiary/aromatic N) is 3. The molecule has 1 aromatic heterocycles. The van der Waals surface area contributed by atoms with Crippen LogP contribution in [0.5, 0.6) is 5.75 Å². The van der Waals surface area contributed by atoms with Crippen molar-refractivity contribution in [1.29, 1.82) is 0 Å². The van der Waals surface area contributed by atoms with Crippen molar-refractivity contribution in [2.45, 2.75) is 0 Å². The monoisotopic (exact) mass is 291 g/mol. The molecule has 0 atom stereocenters. The van der Waals surface area contributed by atoms with Gasteiger partial charge in [0.15, 0.2) is 5.13 Å². The predicted molar refractivity (Wildman–Crippen MR) is 80.6 cm³/mol. The SMILES string of the molecule is COc1cccc2sc(N3CC(C(=O)N(C)C)C3)nc12. The Hall–Kier alpha value is -1.82. The van der Waals surface area contributed by atoms with Crippen molar-refractivity contribution in [3.8, 4) is 5.75 Å². The molecule has 1 fully saturated rings. The van der Waals surface area contributed by atoms with Gasteiger partial charge in [0.25, 0.3) is 0 Å². The first-order chi connectivity index (χ1) is 9.60. The maximum absolute atomic E-state index is 11.8. The van der Waals surface area contributed by atoms with Crippen LogP contribution in [-0.4, -0.2) is 50.1 Å². The van der Waals surface area contributed by atoms with Crippen LogP contribution in [0.1, 0.15) is 0 Å². The number of anilines is 1. The van der Waals surface area contributed by atoms with Gasteiger partial charge in [-0.1, -0.05) is 17.4 Å². The molecule has 0 radical (unpaired) electrons. The standard InChI is InChI=1S/C14H17N3O2S/c1-16(2)13(18)9-7-17(8-9)14-15-12-10(19-3)5-4-6-11(12)20-14/h4-6,9H,7-8H2,1-3H3. The number of amides is 1. The molecular formula is C14H17N3O2S. The van der Waals surface area contributed by atoms with E-state index in [9.17, 15) is 4.79 Å². The number of carbonyl (C=O) groups excluding carboxylic acids is 1. The average Bonchev–Trinajstić information content (AvgIpc) is 2.79. The summed E-state index contributed by atoms with van der Waals surface area (Å²) in [6.45, 7) is 1.50. The molecule has 5 nitrogen and oxygen atoms in total. The number of fused-ring (bicyclic) bond motifs is 1. The molecule has 0 N–H and O–H groups in total. The molecule has 6 heteroatoms. The largest absolute Gasteiger partial charge is 0.494 e. The normalized spacial score (nSPS) is 15.2. The Balaban J connectivity index is 1.79. The molecule has 0 spiro atoms. The summed E-state index contributed by atoms with van der Waals surface area (Å²) in [5.74, 6) is 1.09. The van der Waals surface area contributed by atoms with Crippen molar-refractivity contribution in [3.05, 3.63) is 18.2 Å². The number of methoxy groups -OCH3 is 1. The molecule has 0 bridgehead atoms. The van der Waals surface area contributed by atoms with Crippen LogP contribution in [0.2, 0.25) is 0 Å². The lowest BCUT2D eigenvalue weighted by Gasteiger charge is -2.39. The number of benzene rings is 1. The minimum absolute atomic E-state index is 0.0962. The Morgan fingerprint density at radius 3 is 2.85 bits per heavy atom. The Morgan fingerprint density at radius 2 is 2.20 bits per heavy atom. The van der Waals surface area contributed by atoms with E-state index in [1.165, 1.54) is 0 Å². The van der Waals surface area contributed by atoms with Crippen molar-refractivity contribution in [2.75, 3.05) is 39.2 Å². The molecule has 20 heavy (non-hydrogen) atoms. The summed E-state index contributed by atoms with van der Waals surface area (Å²) in [5.41, 5.74) is 0.900. The Bertz CT molecular complexity index is 647. The number of aromatic nitrogens is 1. The van der Waals surface area contributed by atoms with Crippen molar-refractivity contribution < 1.29 is 9.53 Å². The Morgan fingerprint density at radius 1 is 1.45 bits per heavy atom. The zero-order chi connectivity index (χ0) is 14.3. The van der Waals surface area contributed by atoms with Crippen LogP contribution in [0.25, 0.3) is 10.2 Å². The second-order valence-electron chi connectivity index (χ2n) is 5.14. The summed E-state index contributed by atoms with van der Waals surface area (Å²) in [6.07, 6.45) is 0. The van der Waals surface area contributed by atoms with Crippen molar-refractivity contribution in [1.82, 2.24) is 9.88 Å². The highest BCUT2D eigenvalue weighted by Crippen LogP contribution is 2.36. The van der Waals surface area contributed by atoms with E-state index in [0.29, 0.717) is 0 Å². The molecule has 0 saturated carbocycles. The van der Waals surface area contributed by atoms with Gasteiger partial charge in [-0.25, -0.2) is 4.98 Å². The van der Waals surface area contributed by atoms with Crippen LogP contribution >= 0.6 is 11.3 Å². The fourth-order valence-corrected chi connectivity index (χ4v) is 3.37. The molecule has 106 valence electrons. The first-order valence-electron chi connectivity index (χ1n) is 6.50. The van der Waals surface area contributed by atoms with Gasteiger partial charge < -0.3 is 14.5 Å². The van der Waals surface area contributed by atoms with Crippen molar-refractivity contribution in [2.24, 2.45) is 5.92 Å². The fraction of sp³-hybridized carbons (Fsp3) is 0.429. The second-order valence-corrected chi connectivity index (χ2v) is 6.15. The van der Waals surface area contributed by atoms with Gasteiger partial charge >= 0.3 is 0 Å². The number of hydrogen-bond acceptors (Lipinski definition) is 5. The lowest BCUT2D eigenvalue weighted by molar-refractivity contribution is -0.133. The van der Waals surface area contributed by atoms with Gasteiger partial charge in [0.2, 0.25) is 5.91 Å². The number of carbonyl (C=O) groups is 1. The third-order valence-electron chi connectivity index (χ3n) is 3.53. The van der Waals surface area contributed by atoms with Gasteiger partial charge in [-0.2, -0.15) is 0 Å². The van der Waals surface area contributed by atoms with Crippen LogP contribution < -0.4 is 9.64 Å². The van der Waals surface area contributed by atoms with Gasteiger partial charge in [0, 0.05) is 27.2 Å². The zero-order valence-electron chi connectivity index (χ0n) is 11.8. The predicted octanol–water partition coefficient (Wildman–Crippen LogP) is 1.83. The zero-order valence-corrected chi connectivity index (χ0v) is 12.6. The average molecular weight is 291 g/mol. The molecule has 0 aliphatic carbocycles. The van der Waals surface area contributed by atoms with E-state index in [1.807, 2.05) is 18.2 Å². The maximum atomic E-state index is 11.8. The molecule has 1 saturated heterocycles. The van der Waals surface area contributed by atoms with Crippen LogP contribution in [0, 0.1) is 5.92 Å². The van der Waals surface area contributed by atoms with Crippen LogP contribution in [0.4, 0.5) is 5.13 Å². The molecule has 2 heterocycles. The second kappa shape index (κ2) is 4.94. The summed E-state index contributed by atoms with van der Waals surface area (Å²) in [6, 6.07) is 5.93. The van der Waals surface area contributed by atoms with Gasteiger partial charge in [0.05, 0.1) is 17.7 Å². The van der Waals surface area contributed by atoms with Gasteiger partial charge in [-0.3, -0.25) is 4.79 Å². The molecule has 1 aliphatic heterocycles. The Labute approximate surface area is 121 Å². The highest BCUT2D eigenvalue weighted by molar-refractivity contribution is 7.22. The minimum atomic E-state index is 0.0962. The highest BCUT2D eigenvalue weighted by Gasteiger charge is 2.35. The third kappa shape index (κ3) is 2.10. The summed E-state index contributed by atoms with van der Waals surface area (Å²) in [7, 11) is 5.25. The smallest absolute Gasteiger partial charge is 0.228 e. The number of para-hydroxylation sites is 1. The summed E-state index contributed by atoms with van der Waals surface area (Å²) < 4.78 is 6.44. The molecule has 1 amide bonds. The topological polar surface area (TPSA) is 45.7 Å². The van der Waals surface area contributed by atoms with E-state index < -0.39 is 0 Å². The molecule has 0 unspecified atom stereocenters. The van der Waals surface area contributed by atoms with E-state index in [4.69, 9.17) is 4.74 Å². The third-order valence-corrected chi connectivity index (χ3v) is 4.61. The molecule has 1 aliphatic rings. The first-order valence-corrected chi connectivity index (χ1v) is 7.31.